The van der Waals surface area contributed by atoms with Gasteiger partial charge in [-0.3, -0.25) is 9.69 Å². The maximum Gasteiger partial charge on any atom is 0.266 e. The number of carbonyl (C=O) groups is 1. The highest BCUT2D eigenvalue weighted by atomic mass is 35.5. The molecule has 0 saturated carbocycles. The first kappa shape index (κ1) is 27.2. The average Bonchev–Trinajstić information content (AvgIpc) is 3.17. The number of benzene rings is 3. The van der Waals surface area contributed by atoms with Gasteiger partial charge in [-0.15, -0.1) is 0 Å². The van der Waals surface area contributed by atoms with Gasteiger partial charge in [-0.25, -0.2) is 0 Å². The molecule has 0 bridgehead atoms. The molecule has 4 rings (SSSR count). The van der Waals surface area contributed by atoms with Gasteiger partial charge in [0.2, 0.25) is 0 Å². The zero-order valence-electron chi connectivity index (χ0n) is 21.0. The maximum atomic E-state index is 13.1. The first-order valence-electron chi connectivity index (χ1n) is 12.4. The van der Waals surface area contributed by atoms with E-state index in [9.17, 15) is 4.79 Å². The summed E-state index contributed by atoms with van der Waals surface area (Å²) < 4.78 is 12.5. The van der Waals surface area contributed by atoms with E-state index in [1.54, 1.807) is 23.1 Å². The third kappa shape index (κ3) is 7.37. The lowest BCUT2D eigenvalue weighted by Crippen LogP contribution is -2.27. The third-order valence-electron chi connectivity index (χ3n) is 6.19. The minimum Gasteiger partial charge on any atom is -0.493 e. The van der Waals surface area contributed by atoms with Crippen LogP contribution < -0.4 is 9.47 Å². The fraction of sp³-hybridized carbons (Fsp3) is 0.267. The van der Waals surface area contributed by atoms with E-state index >= 15 is 0 Å². The van der Waals surface area contributed by atoms with Gasteiger partial charge in [0.15, 0.2) is 0 Å². The Morgan fingerprint density at radius 1 is 1.03 bits per heavy atom. The van der Waals surface area contributed by atoms with Crippen molar-refractivity contribution in [2.45, 2.75) is 39.2 Å². The second-order valence-corrected chi connectivity index (χ2v) is 11.0. The zero-order valence-corrected chi connectivity index (χ0v) is 23.4. The molecule has 37 heavy (non-hydrogen) atoms. The van der Waals surface area contributed by atoms with E-state index in [0.717, 1.165) is 23.3 Å². The molecule has 1 amide bonds. The summed E-state index contributed by atoms with van der Waals surface area (Å²) in [5, 5.41) is 0.572. The number of ether oxygens (including phenoxy) is 2. The Bertz CT molecular complexity index is 1260. The van der Waals surface area contributed by atoms with Gasteiger partial charge in [0, 0.05) is 17.0 Å². The SMILES string of the molecule is CCC(C)c1ccc(OCCCOc2ccc(Cl)cc2/C=C2\SC(=S)N(Cc3ccccc3)C2=O)cc1. The van der Waals surface area contributed by atoms with E-state index in [0.29, 0.717) is 52.1 Å². The van der Waals surface area contributed by atoms with Crippen LogP contribution in [0.5, 0.6) is 11.5 Å². The number of rotatable bonds is 11. The molecule has 0 aliphatic carbocycles. The van der Waals surface area contributed by atoms with Gasteiger partial charge in [0.05, 0.1) is 24.7 Å². The summed E-state index contributed by atoms with van der Waals surface area (Å²) in [6.45, 7) is 5.89. The van der Waals surface area contributed by atoms with Crippen molar-refractivity contribution < 1.29 is 14.3 Å². The smallest absolute Gasteiger partial charge is 0.266 e. The lowest BCUT2D eigenvalue weighted by atomic mass is 9.99. The molecule has 192 valence electrons. The molecule has 0 radical (unpaired) electrons. The summed E-state index contributed by atoms with van der Waals surface area (Å²) in [4.78, 5) is 15.3. The summed E-state index contributed by atoms with van der Waals surface area (Å²) in [6, 6.07) is 23.5. The van der Waals surface area contributed by atoms with Crippen molar-refractivity contribution in [3.05, 3.63) is 99.4 Å². The number of thioether (sulfide) groups is 1. The summed E-state index contributed by atoms with van der Waals surface area (Å²) in [7, 11) is 0. The molecular formula is C30H30ClNO3S2. The number of halogens is 1. The highest BCUT2D eigenvalue weighted by Crippen LogP contribution is 2.36. The summed E-state index contributed by atoms with van der Waals surface area (Å²) in [5.74, 6) is 1.95. The number of thiocarbonyl (C=S) groups is 1. The summed E-state index contributed by atoms with van der Waals surface area (Å²) >= 11 is 13.0. The Morgan fingerprint density at radius 2 is 1.76 bits per heavy atom. The van der Waals surface area contributed by atoms with Crippen molar-refractivity contribution in [1.29, 1.82) is 0 Å². The second kappa shape index (κ2) is 13.1. The maximum absolute atomic E-state index is 13.1. The van der Waals surface area contributed by atoms with Crippen LogP contribution >= 0.6 is 35.6 Å². The Balaban J connectivity index is 1.34. The number of carbonyl (C=O) groups excluding carboxylic acids is 1. The molecule has 4 nitrogen and oxygen atoms in total. The lowest BCUT2D eigenvalue weighted by Gasteiger charge is -2.14. The fourth-order valence-corrected chi connectivity index (χ4v) is 5.29. The normalized spacial score (nSPS) is 15.3. The van der Waals surface area contributed by atoms with Gasteiger partial charge in [0.25, 0.3) is 5.91 Å². The molecule has 1 aliphatic heterocycles. The number of nitrogens with zero attached hydrogens (tertiary/aromatic N) is 1. The van der Waals surface area contributed by atoms with Gasteiger partial charge < -0.3 is 9.47 Å². The first-order valence-corrected chi connectivity index (χ1v) is 14.0. The fourth-order valence-electron chi connectivity index (χ4n) is 3.87. The van der Waals surface area contributed by atoms with E-state index in [2.05, 4.69) is 26.0 Å². The van der Waals surface area contributed by atoms with Crippen LogP contribution in [-0.4, -0.2) is 28.3 Å². The van der Waals surface area contributed by atoms with Crippen LogP contribution in [0.15, 0.2) is 77.7 Å². The predicted molar refractivity (Wildman–Crippen MR) is 157 cm³/mol. The van der Waals surface area contributed by atoms with Gasteiger partial charge >= 0.3 is 0 Å². The highest BCUT2D eigenvalue weighted by molar-refractivity contribution is 8.26. The monoisotopic (exact) mass is 551 g/mol. The van der Waals surface area contributed by atoms with Crippen LogP contribution in [0.1, 0.15) is 49.3 Å². The number of hydrogen-bond donors (Lipinski definition) is 0. The van der Waals surface area contributed by atoms with Gasteiger partial charge in [-0.2, -0.15) is 0 Å². The van der Waals surface area contributed by atoms with E-state index in [1.165, 1.54) is 17.3 Å². The summed E-state index contributed by atoms with van der Waals surface area (Å²) in [5.41, 5.74) is 3.10. The van der Waals surface area contributed by atoms with Crippen molar-refractivity contribution in [3.63, 3.8) is 0 Å². The van der Waals surface area contributed by atoms with Gasteiger partial charge in [-0.1, -0.05) is 91.9 Å². The number of amides is 1. The van der Waals surface area contributed by atoms with Crippen LogP contribution in [0.3, 0.4) is 0 Å². The molecule has 7 heteroatoms. The van der Waals surface area contributed by atoms with E-state index < -0.39 is 0 Å². The molecule has 1 saturated heterocycles. The zero-order chi connectivity index (χ0) is 26.2. The minimum atomic E-state index is -0.113. The van der Waals surface area contributed by atoms with Crippen molar-refractivity contribution in [3.8, 4) is 11.5 Å². The quantitative estimate of drug-likeness (QED) is 0.137. The lowest BCUT2D eigenvalue weighted by molar-refractivity contribution is -0.122. The van der Waals surface area contributed by atoms with Gasteiger partial charge in [0.1, 0.15) is 15.8 Å². The molecule has 1 aliphatic rings. The van der Waals surface area contributed by atoms with Crippen LogP contribution in [-0.2, 0) is 11.3 Å². The number of hydrogen-bond acceptors (Lipinski definition) is 5. The van der Waals surface area contributed by atoms with Crippen LogP contribution in [0.2, 0.25) is 5.02 Å². The molecule has 0 aromatic heterocycles. The van der Waals surface area contributed by atoms with Crippen molar-refractivity contribution in [1.82, 2.24) is 4.90 Å². The van der Waals surface area contributed by atoms with Gasteiger partial charge in [-0.05, 0) is 59.9 Å². The Hall–Kier alpha value is -2.80. The van der Waals surface area contributed by atoms with Crippen molar-refractivity contribution in [2.75, 3.05) is 13.2 Å². The van der Waals surface area contributed by atoms with Crippen LogP contribution in [0, 0.1) is 0 Å². The first-order chi connectivity index (χ1) is 17.9. The molecule has 3 aromatic carbocycles. The Morgan fingerprint density at radius 3 is 2.49 bits per heavy atom. The van der Waals surface area contributed by atoms with E-state index in [-0.39, 0.29) is 5.91 Å². The molecule has 0 N–H and O–H groups in total. The largest absolute Gasteiger partial charge is 0.493 e. The van der Waals surface area contributed by atoms with Crippen LogP contribution in [0.25, 0.3) is 6.08 Å². The molecular weight excluding hydrogens is 522 g/mol. The molecule has 1 atom stereocenters. The Labute approximate surface area is 233 Å². The van der Waals surface area contributed by atoms with E-state index in [1.807, 2.05) is 48.5 Å². The topological polar surface area (TPSA) is 38.8 Å². The minimum absolute atomic E-state index is 0.113. The molecule has 3 aromatic rings. The van der Waals surface area contributed by atoms with Crippen molar-refractivity contribution in [2.24, 2.45) is 0 Å². The van der Waals surface area contributed by atoms with E-state index in [4.69, 9.17) is 33.3 Å². The molecule has 1 unspecified atom stereocenters. The van der Waals surface area contributed by atoms with Crippen LogP contribution in [0.4, 0.5) is 0 Å². The highest BCUT2D eigenvalue weighted by Gasteiger charge is 2.32. The van der Waals surface area contributed by atoms with Crippen molar-refractivity contribution >= 4 is 51.9 Å². The molecule has 1 heterocycles. The standard InChI is InChI=1S/C30H30ClNO3S2/c1-3-21(2)23-10-13-26(14-11-23)34-16-7-17-35-27-15-12-25(31)18-24(27)19-28-29(33)32(30(36)37-28)20-22-8-5-4-6-9-22/h4-6,8-15,18-19,21H,3,7,16-17,20H2,1-2H3/b28-19-. The molecule has 1 fully saturated rings. The average molecular weight is 552 g/mol. The summed E-state index contributed by atoms with van der Waals surface area (Å²) in [6.07, 6.45) is 3.64. The predicted octanol–water partition coefficient (Wildman–Crippen LogP) is 8.10. The Kier molecular flexibility index (Phi) is 9.67. The second-order valence-electron chi connectivity index (χ2n) is 8.86. The molecule has 0 spiro atoms. The third-order valence-corrected chi connectivity index (χ3v) is 7.80.